The number of aromatic nitrogens is 2. The van der Waals surface area contributed by atoms with Crippen LogP contribution in [0.1, 0.15) is 11.3 Å². The topological polar surface area (TPSA) is 93.5 Å². The Bertz CT molecular complexity index is 1250. The summed E-state index contributed by atoms with van der Waals surface area (Å²) in [5.74, 6) is 0. The van der Waals surface area contributed by atoms with Gasteiger partial charge in [0, 0.05) is 12.1 Å². The molecule has 0 atom stereocenters. The van der Waals surface area contributed by atoms with Crippen LogP contribution in [0.4, 0.5) is 18.0 Å². The van der Waals surface area contributed by atoms with Gasteiger partial charge in [-0.1, -0.05) is 29.8 Å². The summed E-state index contributed by atoms with van der Waals surface area (Å²) in [6, 6.07) is 12.7. The number of nitrogens with one attached hydrogen (secondary N) is 1. The summed E-state index contributed by atoms with van der Waals surface area (Å²) in [6.07, 6.45) is -5.79. The number of alkyl halides is 3. The van der Waals surface area contributed by atoms with Crippen molar-refractivity contribution in [1.29, 1.82) is 0 Å². The van der Waals surface area contributed by atoms with Gasteiger partial charge in [-0.3, -0.25) is 0 Å². The van der Waals surface area contributed by atoms with Crippen molar-refractivity contribution in [2.75, 3.05) is 27.2 Å². The van der Waals surface area contributed by atoms with Crippen molar-refractivity contribution in [2.45, 2.75) is 18.0 Å². The van der Waals surface area contributed by atoms with E-state index in [1.54, 1.807) is 48.0 Å². The van der Waals surface area contributed by atoms with E-state index in [1.165, 1.54) is 24.3 Å². The molecule has 3 aromatic rings. The van der Waals surface area contributed by atoms with E-state index >= 15 is 0 Å². The highest BCUT2D eigenvalue weighted by molar-refractivity contribution is 7.90. The van der Waals surface area contributed by atoms with Crippen LogP contribution in [0.3, 0.4) is 0 Å². The lowest BCUT2D eigenvalue weighted by Gasteiger charge is -2.12. The molecule has 0 saturated carbocycles. The number of likely N-dealkylation sites (N-methyl/N-ethyl adjacent to an activating group) is 1. The Balaban J connectivity index is 1.88. The van der Waals surface area contributed by atoms with Crippen LogP contribution in [0, 0.1) is 6.92 Å². The van der Waals surface area contributed by atoms with Gasteiger partial charge >= 0.3 is 12.3 Å². The van der Waals surface area contributed by atoms with Crippen LogP contribution in [-0.4, -0.2) is 56.4 Å². The fourth-order valence-electron chi connectivity index (χ4n) is 2.93. The van der Waals surface area contributed by atoms with Crippen LogP contribution in [0.2, 0.25) is 0 Å². The van der Waals surface area contributed by atoms with E-state index in [4.69, 9.17) is 4.74 Å². The van der Waals surface area contributed by atoms with E-state index in [2.05, 4.69) is 5.10 Å². The average Bonchev–Trinajstić information content (AvgIpc) is 3.20. The summed E-state index contributed by atoms with van der Waals surface area (Å²) in [4.78, 5) is 13.3. The fraction of sp³-hybridized carbons (Fsp3) is 0.273. The van der Waals surface area contributed by atoms with Gasteiger partial charge in [0.25, 0.3) is 10.0 Å². The van der Waals surface area contributed by atoms with E-state index in [0.29, 0.717) is 12.1 Å². The smallest absolute Gasteiger partial charge is 0.435 e. The average molecular weight is 497 g/mol. The zero-order valence-electron chi connectivity index (χ0n) is 18.6. The van der Waals surface area contributed by atoms with Crippen molar-refractivity contribution >= 4 is 16.1 Å². The van der Waals surface area contributed by atoms with Crippen molar-refractivity contribution in [3.8, 4) is 16.9 Å². The molecule has 2 aromatic carbocycles. The SMILES string of the molecule is Cc1ccc(-c2cc(C(F)(F)F)nn2-c2ccc(S(=O)(=O)NC(=O)OCCN(C)C)cc2)cc1. The van der Waals surface area contributed by atoms with Crippen LogP contribution >= 0.6 is 0 Å². The first-order valence-electron chi connectivity index (χ1n) is 10.1. The van der Waals surface area contributed by atoms with Crippen LogP contribution in [-0.2, 0) is 20.9 Å². The molecule has 1 heterocycles. The predicted molar refractivity (Wildman–Crippen MR) is 119 cm³/mol. The van der Waals surface area contributed by atoms with E-state index in [9.17, 15) is 26.4 Å². The summed E-state index contributed by atoms with van der Waals surface area (Å²) in [5.41, 5.74) is 0.756. The molecule has 0 aliphatic carbocycles. The molecule has 0 spiro atoms. The molecule has 182 valence electrons. The van der Waals surface area contributed by atoms with Gasteiger partial charge in [-0.15, -0.1) is 0 Å². The molecule has 12 heteroatoms. The van der Waals surface area contributed by atoms with E-state index in [0.717, 1.165) is 16.3 Å². The highest BCUT2D eigenvalue weighted by atomic mass is 32.2. The maximum absolute atomic E-state index is 13.3. The Morgan fingerprint density at radius 3 is 2.26 bits per heavy atom. The third kappa shape index (κ3) is 6.14. The monoisotopic (exact) mass is 496 g/mol. The van der Waals surface area contributed by atoms with E-state index in [-0.39, 0.29) is 22.9 Å². The number of hydrogen-bond acceptors (Lipinski definition) is 6. The van der Waals surface area contributed by atoms with Gasteiger partial charge < -0.3 is 9.64 Å². The van der Waals surface area contributed by atoms with Gasteiger partial charge in [0.2, 0.25) is 0 Å². The zero-order chi connectivity index (χ0) is 25.1. The lowest BCUT2D eigenvalue weighted by atomic mass is 10.1. The Kier molecular flexibility index (Phi) is 7.32. The second-order valence-corrected chi connectivity index (χ2v) is 9.41. The van der Waals surface area contributed by atoms with Crippen LogP contribution in [0.25, 0.3) is 16.9 Å². The Morgan fingerprint density at radius 2 is 1.71 bits per heavy atom. The van der Waals surface area contributed by atoms with Crippen molar-refractivity contribution in [3.05, 3.63) is 65.9 Å². The van der Waals surface area contributed by atoms with Crippen molar-refractivity contribution in [2.24, 2.45) is 0 Å². The third-order valence-corrected chi connectivity index (χ3v) is 6.06. The van der Waals surface area contributed by atoms with Gasteiger partial charge in [0.1, 0.15) is 6.61 Å². The Labute approximate surface area is 195 Å². The van der Waals surface area contributed by atoms with Crippen LogP contribution in [0.5, 0.6) is 0 Å². The molecule has 0 fully saturated rings. The zero-order valence-corrected chi connectivity index (χ0v) is 19.4. The number of nitrogens with zero attached hydrogens (tertiary/aromatic N) is 3. The molecule has 0 radical (unpaired) electrons. The lowest BCUT2D eigenvalue weighted by molar-refractivity contribution is -0.141. The minimum Gasteiger partial charge on any atom is -0.447 e. The maximum atomic E-state index is 13.3. The van der Waals surface area contributed by atoms with Gasteiger partial charge in [0.15, 0.2) is 5.69 Å². The second-order valence-electron chi connectivity index (χ2n) is 7.73. The molecule has 1 aromatic heterocycles. The van der Waals surface area contributed by atoms with E-state index in [1.807, 2.05) is 6.92 Å². The van der Waals surface area contributed by atoms with Gasteiger partial charge in [-0.25, -0.2) is 22.6 Å². The summed E-state index contributed by atoms with van der Waals surface area (Å²) in [6.45, 7) is 2.26. The highest BCUT2D eigenvalue weighted by Gasteiger charge is 2.35. The quantitative estimate of drug-likeness (QED) is 0.534. The first-order chi connectivity index (χ1) is 15.9. The summed E-state index contributed by atoms with van der Waals surface area (Å²) in [5, 5.41) is 3.69. The number of benzene rings is 2. The molecule has 34 heavy (non-hydrogen) atoms. The van der Waals surface area contributed by atoms with Crippen LogP contribution in [0.15, 0.2) is 59.5 Å². The second kappa shape index (κ2) is 9.85. The predicted octanol–water partition coefficient (Wildman–Crippen LogP) is 3.84. The van der Waals surface area contributed by atoms with Gasteiger partial charge in [-0.05, 0) is 51.4 Å². The summed E-state index contributed by atoms with van der Waals surface area (Å²) >= 11 is 0. The number of halogens is 3. The molecular weight excluding hydrogens is 473 g/mol. The van der Waals surface area contributed by atoms with E-state index < -0.39 is 28.0 Å². The molecule has 0 saturated heterocycles. The van der Waals surface area contributed by atoms with Crippen molar-refractivity contribution < 1.29 is 31.1 Å². The normalized spacial score (nSPS) is 12.1. The fourth-order valence-corrected chi connectivity index (χ4v) is 3.82. The maximum Gasteiger partial charge on any atom is 0.435 e. The number of carbonyl (C=O) groups is 1. The highest BCUT2D eigenvalue weighted by Crippen LogP contribution is 2.33. The number of rotatable bonds is 7. The first kappa shape index (κ1) is 25.2. The third-order valence-electron chi connectivity index (χ3n) is 4.73. The number of amides is 1. The largest absolute Gasteiger partial charge is 0.447 e. The van der Waals surface area contributed by atoms with Crippen LogP contribution < -0.4 is 4.72 Å². The minimum atomic E-state index is -4.66. The minimum absolute atomic E-state index is 0.00405. The number of sulfonamides is 1. The number of carbonyl (C=O) groups excluding carboxylic acids is 1. The molecular formula is C22H23F3N4O4S. The number of hydrogen-bond donors (Lipinski definition) is 1. The Morgan fingerprint density at radius 1 is 1.09 bits per heavy atom. The molecule has 1 amide bonds. The van der Waals surface area contributed by atoms with Crippen molar-refractivity contribution in [3.63, 3.8) is 0 Å². The van der Waals surface area contributed by atoms with Gasteiger partial charge in [-0.2, -0.15) is 18.3 Å². The molecule has 0 unspecified atom stereocenters. The molecule has 8 nitrogen and oxygen atoms in total. The molecule has 0 aliphatic heterocycles. The standard InChI is InChI=1S/C22H23F3N4O4S/c1-15-4-6-16(7-5-15)19-14-20(22(23,24)25)26-29(19)17-8-10-18(11-9-17)34(31,32)27-21(30)33-13-12-28(2)3/h4-11,14H,12-13H2,1-3H3,(H,27,30). The molecule has 3 rings (SSSR count). The number of ether oxygens (including phenoxy) is 1. The summed E-state index contributed by atoms with van der Waals surface area (Å²) in [7, 11) is -0.712. The molecule has 0 aliphatic rings. The first-order valence-corrected chi connectivity index (χ1v) is 11.5. The van der Waals surface area contributed by atoms with Gasteiger partial charge in [0.05, 0.1) is 16.3 Å². The summed E-state index contributed by atoms with van der Waals surface area (Å²) < 4.78 is 72.6. The molecule has 0 bridgehead atoms. The molecule has 1 N–H and O–H groups in total. The number of aryl methyl sites for hydroxylation is 1. The Hall–Kier alpha value is -3.38. The van der Waals surface area contributed by atoms with Crippen molar-refractivity contribution in [1.82, 2.24) is 19.4 Å². The lowest BCUT2D eigenvalue weighted by Crippen LogP contribution is -2.32.